The zero-order valence-corrected chi connectivity index (χ0v) is 15.7. The molecule has 2 aromatic rings. The van der Waals surface area contributed by atoms with Crippen LogP contribution in [0.3, 0.4) is 0 Å². The van der Waals surface area contributed by atoms with Crippen LogP contribution in [0.5, 0.6) is 0 Å². The molecule has 140 valence electrons. The average molecular weight is 356 g/mol. The number of nitrogens with zero attached hydrogens (tertiary/aromatic N) is 4. The Morgan fingerprint density at radius 3 is 2.77 bits per heavy atom. The normalized spacial score (nSPS) is 20.5. The highest BCUT2D eigenvalue weighted by molar-refractivity contribution is 5.92. The van der Waals surface area contributed by atoms with Crippen molar-refractivity contribution in [2.45, 2.75) is 38.1 Å². The lowest BCUT2D eigenvalue weighted by Crippen LogP contribution is -2.41. The minimum absolute atomic E-state index is 0.0644. The molecule has 1 aliphatic carbocycles. The Bertz CT molecular complexity index is 773. The summed E-state index contributed by atoms with van der Waals surface area (Å²) in [5.41, 5.74) is 2.93. The van der Waals surface area contributed by atoms with Crippen LogP contribution in [0.2, 0.25) is 0 Å². The lowest BCUT2D eigenvalue weighted by Gasteiger charge is -2.33. The number of hydrogen-bond donors (Lipinski definition) is 0. The Balaban J connectivity index is 1.48. The second kappa shape index (κ2) is 7.27. The van der Waals surface area contributed by atoms with E-state index in [1.165, 1.54) is 31.4 Å². The molecule has 3 heterocycles. The Morgan fingerprint density at radius 1 is 1.23 bits per heavy atom. The van der Waals surface area contributed by atoms with Crippen LogP contribution in [0.15, 0.2) is 24.7 Å². The molecule has 2 aliphatic rings. The smallest absolute Gasteiger partial charge is 0.270 e. The molecule has 2 aromatic heterocycles. The largest absolute Gasteiger partial charge is 0.380 e. The van der Waals surface area contributed by atoms with E-state index < -0.39 is 0 Å². The first-order chi connectivity index (χ1) is 12.6. The van der Waals surface area contributed by atoms with Crippen molar-refractivity contribution in [3.63, 3.8) is 0 Å². The number of fused-ring (bicyclic) bond motifs is 1. The van der Waals surface area contributed by atoms with E-state index in [1.807, 2.05) is 48.2 Å². The highest BCUT2D eigenvalue weighted by atomic mass is 16.5. The van der Waals surface area contributed by atoms with Gasteiger partial charge < -0.3 is 18.8 Å². The molecule has 4 rings (SSSR count). The van der Waals surface area contributed by atoms with Crippen molar-refractivity contribution < 1.29 is 9.53 Å². The van der Waals surface area contributed by atoms with Gasteiger partial charge in [-0.05, 0) is 30.9 Å². The zero-order chi connectivity index (χ0) is 18.1. The fourth-order valence-corrected chi connectivity index (χ4v) is 4.42. The molecule has 6 nitrogen and oxygen atoms in total. The zero-order valence-electron chi connectivity index (χ0n) is 15.7. The highest BCUT2D eigenvalue weighted by Gasteiger charge is 2.32. The highest BCUT2D eigenvalue weighted by Crippen LogP contribution is 2.30. The van der Waals surface area contributed by atoms with Crippen molar-refractivity contribution in [2.75, 3.05) is 19.8 Å². The number of rotatable bonds is 5. The van der Waals surface area contributed by atoms with Gasteiger partial charge >= 0.3 is 0 Å². The molecule has 0 bridgehead atoms. The van der Waals surface area contributed by atoms with E-state index in [-0.39, 0.29) is 11.8 Å². The Morgan fingerprint density at radius 2 is 2.04 bits per heavy atom. The predicted octanol–water partition coefficient (Wildman–Crippen LogP) is 2.71. The summed E-state index contributed by atoms with van der Waals surface area (Å²) in [7, 11) is 3.94. The molecule has 26 heavy (non-hydrogen) atoms. The first-order valence-corrected chi connectivity index (χ1v) is 9.62. The lowest BCUT2D eigenvalue weighted by atomic mass is 9.98. The fraction of sp³-hybridized carbons (Fsp3) is 0.600. The van der Waals surface area contributed by atoms with Crippen LogP contribution >= 0.6 is 0 Å². The first kappa shape index (κ1) is 17.3. The van der Waals surface area contributed by atoms with Crippen molar-refractivity contribution >= 4 is 5.91 Å². The molecular formula is C20H28N4O2. The van der Waals surface area contributed by atoms with Crippen molar-refractivity contribution in [1.29, 1.82) is 0 Å². The third kappa shape index (κ3) is 3.30. The molecule has 1 aliphatic heterocycles. The number of amides is 1. The number of carbonyl (C=O) groups is 1. The third-order valence-electron chi connectivity index (χ3n) is 5.83. The van der Waals surface area contributed by atoms with Gasteiger partial charge in [-0.3, -0.25) is 4.79 Å². The number of aryl methyl sites for hydroxylation is 2. The van der Waals surface area contributed by atoms with Gasteiger partial charge in [-0.1, -0.05) is 12.8 Å². The minimum atomic E-state index is 0.0644. The molecule has 0 spiro atoms. The van der Waals surface area contributed by atoms with Crippen molar-refractivity contribution in [2.24, 2.45) is 20.0 Å². The van der Waals surface area contributed by atoms with Gasteiger partial charge in [-0.2, -0.15) is 0 Å². The number of ether oxygens (including phenoxy) is 1. The molecule has 1 atom stereocenters. The quantitative estimate of drug-likeness (QED) is 0.828. The number of carbonyl (C=O) groups excluding carboxylic acids is 1. The summed E-state index contributed by atoms with van der Waals surface area (Å²) in [6, 6.07) is 3.79. The molecule has 0 saturated heterocycles. The summed E-state index contributed by atoms with van der Waals surface area (Å²) in [6.45, 7) is 2.75. The summed E-state index contributed by atoms with van der Waals surface area (Å²) in [6.07, 6.45) is 9.01. The summed E-state index contributed by atoms with van der Waals surface area (Å²) < 4.78 is 10.1. The van der Waals surface area contributed by atoms with E-state index in [0.717, 1.165) is 18.0 Å². The van der Waals surface area contributed by atoms with Crippen LogP contribution in [0.4, 0.5) is 0 Å². The van der Waals surface area contributed by atoms with E-state index in [2.05, 4.69) is 9.55 Å². The van der Waals surface area contributed by atoms with Crippen LogP contribution < -0.4 is 0 Å². The second-order valence-electron chi connectivity index (χ2n) is 7.76. The predicted molar refractivity (Wildman–Crippen MR) is 98.9 cm³/mol. The molecule has 0 unspecified atom stereocenters. The maximum absolute atomic E-state index is 13.0. The van der Waals surface area contributed by atoms with E-state index in [9.17, 15) is 4.79 Å². The molecule has 1 amide bonds. The summed E-state index contributed by atoms with van der Waals surface area (Å²) in [5.74, 6) is 0.956. The standard InChI is InChI=1S/C20H28N4O2/c1-22-9-5-8-18(22)20(25)24-10-16(13-26-12-15-6-3-4-7-15)19-17(11-24)21-14-23(19)2/h5,8-9,14-16H,3-4,6-7,10-13H2,1-2H3/t16-/m0/s1. The van der Waals surface area contributed by atoms with E-state index >= 15 is 0 Å². The van der Waals surface area contributed by atoms with Crippen molar-refractivity contribution in [1.82, 2.24) is 19.0 Å². The van der Waals surface area contributed by atoms with Crippen LogP contribution in [0, 0.1) is 5.92 Å². The Kier molecular flexibility index (Phi) is 4.85. The molecule has 6 heteroatoms. The minimum Gasteiger partial charge on any atom is -0.380 e. The SMILES string of the molecule is Cn1cccc1C(=O)N1Cc2ncn(C)c2[C@H](COCC2CCCC2)C1. The van der Waals surface area contributed by atoms with Crippen LogP contribution in [-0.4, -0.2) is 44.7 Å². The number of hydrogen-bond acceptors (Lipinski definition) is 3. The van der Waals surface area contributed by atoms with Crippen LogP contribution in [0.1, 0.15) is 53.5 Å². The maximum atomic E-state index is 13.0. The average Bonchev–Trinajstić information content (AvgIpc) is 3.36. The van der Waals surface area contributed by atoms with E-state index in [1.54, 1.807) is 0 Å². The molecule has 0 aromatic carbocycles. The van der Waals surface area contributed by atoms with Gasteiger partial charge in [-0.25, -0.2) is 4.98 Å². The third-order valence-corrected chi connectivity index (χ3v) is 5.83. The maximum Gasteiger partial charge on any atom is 0.270 e. The Hall–Kier alpha value is -2.08. The van der Waals surface area contributed by atoms with Crippen LogP contribution in [0.25, 0.3) is 0 Å². The molecular weight excluding hydrogens is 328 g/mol. The van der Waals surface area contributed by atoms with Crippen molar-refractivity contribution in [3.05, 3.63) is 41.7 Å². The first-order valence-electron chi connectivity index (χ1n) is 9.62. The molecule has 0 N–H and O–H groups in total. The Labute approximate surface area is 154 Å². The topological polar surface area (TPSA) is 52.3 Å². The van der Waals surface area contributed by atoms with E-state index in [4.69, 9.17) is 4.74 Å². The van der Waals surface area contributed by atoms with Gasteiger partial charge in [-0.15, -0.1) is 0 Å². The summed E-state index contributed by atoms with van der Waals surface area (Å²) in [4.78, 5) is 19.4. The molecule has 1 fully saturated rings. The second-order valence-corrected chi connectivity index (χ2v) is 7.76. The molecule has 1 saturated carbocycles. The summed E-state index contributed by atoms with van der Waals surface area (Å²) >= 11 is 0. The van der Waals surface area contributed by atoms with Gasteiger partial charge in [0.15, 0.2) is 0 Å². The monoisotopic (exact) mass is 356 g/mol. The fourth-order valence-electron chi connectivity index (χ4n) is 4.42. The lowest BCUT2D eigenvalue weighted by molar-refractivity contribution is 0.0565. The van der Waals surface area contributed by atoms with Crippen molar-refractivity contribution in [3.8, 4) is 0 Å². The van der Waals surface area contributed by atoms with Gasteiger partial charge in [0.25, 0.3) is 5.91 Å². The number of imidazole rings is 1. The molecule has 0 radical (unpaired) electrons. The van der Waals surface area contributed by atoms with Gasteiger partial charge in [0, 0.05) is 45.1 Å². The summed E-state index contributed by atoms with van der Waals surface area (Å²) in [5, 5.41) is 0. The van der Waals surface area contributed by atoms with Gasteiger partial charge in [0.1, 0.15) is 5.69 Å². The van der Waals surface area contributed by atoms with Crippen LogP contribution in [-0.2, 0) is 25.4 Å². The van der Waals surface area contributed by atoms with Gasteiger partial charge in [0.05, 0.1) is 25.2 Å². The number of aromatic nitrogens is 3. The van der Waals surface area contributed by atoms with E-state index in [0.29, 0.717) is 25.6 Å². The van der Waals surface area contributed by atoms with Gasteiger partial charge in [0.2, 0.25) is 0 Å².